The minimum Gasteiger partial charge on any atom is -0.339 e. The number of halogens is 1. The second kappa shape index (κ2) is 11.2. The van der Waals surface area contributed by atoms with Crippen molar-refractivity contribution in [2.75, 3.05) is 33.7 Å². The molecule has 1 N–H and O–H groups in total. The van der Waals surface area contributed by atoms with E-state index < -0.39 is 6.03 Å². The van der Waals surface area contributed by atoms with Gasteiger partial charge in [0.15, 0.2) is 12.2 Å². The first-order chi connectivity index (χ1) is 8.21. The van der Waals surface area contributed by atoms with Crippen molar-refractivity contribution >= 4 is 42.1 Å². The van der Waals surface area contributed by atoms with Crippen LogP contribution in [0.25, 0.3) is 0 Å². The van der Waals surface area contributed by atoms with E-state index in [4.69, 9.17) is 11.6 Å². The number of alkyl halides is 1. The number of carbonyl (C=O) groups excluding carboxylic acids is 1. The molecule has 0 aliphatic carbocycles. The highest BCUT2D eigenvalue weighted by atomic mass is 35.5. The Morgan fingerprint density at radius 1 is 1.29 bits per heavy atom. The highest BCUT2D eigenvalue weighted by Gasteiger charge is 2.24. The summed E-state index contributed by atoms with van der Waals surface area (Å²) in [5.74, 6) is 0.279. The van der Waals surface area contributed by atoms with Crippen LogP contribution >= 0.6 is 36.1 Å². The average Bonchev–Trinajstić information content (AvgIpc) is 2.35. The lowest BCUT2D eigenvalue weighted by molar-refractivity contribution is -0.169. The average molecular weight is 308 g/mol. The summed E-state index contributed by atoms with van der Waals surface area (Å²) >= 11 is 7.06. The van der Waals surface area contributed by atoms with Gasteiger partial charge in [-0.2, -0.15) is 4.41 Å². The molecule has 0 saturated carbocycles. The van der Waals surface area contributed by atoms with Crippen LogP contribution in [0.4, 0.5) is 4.79 Å². The number of hydrazine groups is 1. The molecule has 0 aliphatic rings. The maximum Gasteiger partial charge on any atom is 0.344 e. The highest BCUT2D eigenvalue weighted by Crippen LogP contribution is 2.23. The van der Waals surface area contributed by atoms with Crippen LogP contribution in [0.2, 0.25) is 0 Å². The largest absolute Gasteiger partial charge is 0.344 e. The van der Waals surface area contributed by atoms with Crippen LogP contribution in [0.1, 0.15) is 0 Å². The quantitative estimate of drug-likeness (QED) is 0.225. The Balaban J connectivity index is 4.48. The fourth-order valence-electron chi connectivity index (χ4n) is 0.623. The van der Waals surface area contributed by atoms with Gasteiger partial charge in [0.25, 0.3) is 0 Å². The van der Waals surface area contributed by atoms with Crippen molar-refractivity contribution in [1.29, 1.82) is 0 Å². The van der Waals surface area contributed by atoms with E-state index in [-0.39, 0.29) is 5.88 Å². The third kappa shape index (κ3) is 7.16. The van der Waals surface area contributed by atoms with Gasteiger partial charge in [0.1, 0.15) is 12.2 Å². The summed E-state index contributed by atoms with van der Waals surface area (Å²) in [4.78, 5) is 20.4. The second-order valence-electron chi connectivity index (χ2n) is 2.21. The molecule has 17 heavy (non-hydrogen) atoms. The van der Waals surface area contributed by atoms with Crippen LogP contribution < -0.4 is 5.32 Å². The smallest absolute Gasteiger partial charge is 0.339 e. The summed E-state index contributed by atoms with van der Waals surface area (Å²) < 4.78 is 11.8. The molecule has 0 heterocycles. The number of amides is 2. The molecule has 0 radical (unpaired) electrons. The monoisotopic (exact) mass is 307 g/mol. The summed E-state index contributed by atoms with van der Waals surface area (Å²) in [6.07, 6.45) is 0. The van der Waals surface area contributed by atoms with Crippen molar-refractivity contribution in [3.05, 3.63) is 0 Å². The maximum atomic E-state index is 11.6. The van der Waals surface area contributed by atoms with Crippen LogP contribution in [0.3, 0.4) is 0 Å². The lowest BCUT2D eigenvalue weighted by Crippen LogP contribution is -2.43. The Morgan fingerprint density at radius 2 is 1.88 bits per heavy atom. The molecule has 0 aliphatic heterocycles. The molecule has 102 valence electrons. The minimum atomic E-state index is -0.440. The number of hydrogen-bond acceptors (Lipinski definition) is 8. The van der Waals surface area contributed by atoms with Gasteiger partial charge in [0.2, 0.25) is 0 Å². The number of nitrogens with zero attached hydrogens (tertiary/aromatic N) is 2. The molecule has 0 aromatic rings. The first kappa shape index (κ1) is 17.1. The van der Waals surface area contributed by atoms with E-state index in [2.05, 4.69) is 23.8 Å². The summed E-state index contributed by atoms with van der Waals surface area (Å²) in [6, 6.07) is -0.440. The van der Waals surface area contributed by atoms with Crippen molar-refractivity contribution in [1.82, 2.24) is 14.1 Å². The number of urea groups is 1. The predicted octanol–water partition coefficient (Wildman–Crippen LogP) is 1.37. The summed E-state index contributed by atoms with van der Waals surface area (Å²) in [6.45, 7) is 0.322. The van der Waals surface area contributed by atoms with E-state index in [0.717, 1.165) is 16.6 Å². The van der Waals surface area contributed by atoms with Gasteiger partial charge in [-0.15, -0.1) is 24.7 Å². The zero-order valence-electron chi connectivity index (χ0n) is 9.54. The molecule has 0 aromatic heterocycles. The van der Waals surface area contributed by atoms with Gasteiger partial charge in [0.05, 0.1) is 14.2 Å². The Labute approximate surface area is 113 Å². The van der Waals surface area contributed by atoms with E-state index >= 15 is 0 Å². The van der Waals surface area contributed by atoms with Gasteiger partial charge in [-0.25, -0.2) is 14.6 Å². The van der Waals surface area contributed by atoms with Crippen LogP contribution in [0.5, 0.6) is 0 Å². The number of rotatable bonds is 9. The number of nitrogens with one attached hydrogen (secondary N) is 1. The van der Waals surface area contributed by atoms with Gasteiger partial charge in [-0.3, -0.25) is 0 Å². The number of hydrogen-bond donors (Lipinski definition) is 1. The molecular weight excluding hydrogens is 294 g/mol. The topological polar surface area (TPSA) is 72.5 Å². The second-order valence-corrected chi connectivity index (χ2v) is 3.93. The predicted molar refractivity (Wildman–Crippen MR) is 65.1 cm³/mol. The minimum absolute atomic E-state index is 0.279. The third-order valence-corrected chi connectivity index (χ3v) is 2.91. The van der Waals surface area contributed by atoms with Crippen molar-refractivity contribution in [3.63, 3.8) is 0 Å². The van der Waals surface area contributed by atoms with E-state index in [1.54, 1.807) is 0 Å². The van der Waals surface area contributed by atoms with Crippen LogP contribution in [0.15, 0.2) is 0 Å². The Morgan fingerprint density at radius 3 is 2.35 bits per heavy atom. The van der Waals surface area contributed by atoms with Gasteiger partial charge in [-0.1, -0.05) is 0 Å². The van der Waals surface area contributed by atoms with E-state index in [1.165, 1.54) is 25.7 Å². The molecule has 8 nitrogen and oxygen atoms in total. The number of carbonyl (C=O) groups is 1. The summed E-state index contributed by atoms with van der Waals surface area (Å²) in [7, 11) is 4.14. The molecule has 0 bridgehead atoms. The lowest BCUT2D eigenvalue weighted by Gasteiger charge is -2.27. The van der Waals surface area contributed by atoms with Crippen LogP contribution in [0, 0.1) is 0 Å². The van der Waals surface area contributed by atoms with E-state index in [0.29, 0.717) is 18.8 Å². The molecular formula is C6H14ClN3O5S2. The SMILES string of the molecule is CNC(=O)N(SOOC)N(CCCl)SOOC. The Hall–Kier alpha value is 0.0600. The van der Waals surface area contributed by atoms with Gasteiger partial charge < -0.3 is 5.32 Å². The zero-order valence-corrected chi connectivity index (χ0v) is 11.9. The summed E-state index contributed by atoms with van der Waals surface area (Å²) in [5.41, 5.74) is 0. The molecule has 0 atom stereocenters. The van der Waals surface area contributed by atoms with Crippen LogP contribution in [-0.4, -0.2) is 48.6 Å². The first-order valence-electron chi connectivity index (χ1n) is 4.31. The molecule has 0 fully saturated rings. The molecule has 0 spiro atoms. The van der Waals surface area contributed by atoms with Crippen molar-refractivity contribution < 1.29 is 23.2 Å². The Kier molecular flexibility index (Phi) is 11.2. The fourth-order valence-corrected chi connectivity index (χ4v) is 1.91. The van der Waals surface area contributed by atoms with Gasteiger partial charge in [0, 0.05) is 19.5 Å². The molecule has 0 rings (SSSR count). The van der Waals surface area contributed by atoms with Crippen molar-refractivity contribution in [2.45, 2.75) is 0 Å². The summed E-state index contributed by atoms with van der Waals surface area (Å²) in [5, 5.41) is 2.43. The third-order valence-electron chi connectivity index (χ3n) is 1.22. The molecule has 0 aromatic carbocycles. The lowest BCUT2D eigenvalue weighted by atomic mass is 10.8. The van der Waals surface area contributed by atoms with Crippen molar-refractivity contribution in [2.24, 2.45) is 0 Å². The zero-order chi connectivity index (χ0) is 13.1. The maximum absolute atomic E-state index is 11.6. The first-order valence-corrected chi connectivity index (χ1v) is 6.24. The van der Waals surface area contributed by atoms with Gasteiger partial charge >= 0.3 is 6.03 Å². The van der Waals surface area contributed by atoms with E-state index in [9.17, 15) is 4.79 Å². The highest BCUT2D eigenvalue weighted by molar-refractivity contribution is 7.95. The Bertz CT molecular complexity index is 216. The fraction of sp³-hybridized carbons (Fsp3) is 0.833. The van der Waals surface area contributed by atoms with E-state index in [1.807, 2.05) is 0 Å². The molecule has 0 saturated heterocycles. The van der Waals surface area contributed by atoms with Crippen LogP contribution in [-0.2, 0) is 18.4 Å². The molecule has 2 amide bonds. The standard InChI is InChI=1S/C6H14ClN3O5S2/c1-8-6(11)10(17-15-13-3)9(5-4-7)16-14-12-2/h4-5H2,1-3H3,(H,8,11). The van der Waals surface area contributed by atoms with Crippen molar-refractivity contribution in [3.8, 4) is 0 Å². The normalized spacial score (nSPS) is 10.6. The molecule has 11 heteroatoms. The molecule has 0 unspecified atom stereocenters. The van der Waals surface area contributed by atoms with Gasteiger partial charge in [-0.05, 0) is 0 Å².